The average molecular weight is 266 g/mol. The van der Waals surface area contributed by atoms with Gasteiger partial charge in [-0.15, -0.1) is 11.3 Å². The zero-order chi connectivity index (χ0) is 13.0. The van der Waals surface area contributed by atoms with Crippen molar-refractivity contribution in [1.29, 1.82) is 0 Å². The Hall–Kier alpha value is -1.39. The lowest BCUT2D eigenvalue weighted by Gasteiger charge is -2.10. The van der Waals surface area contributed by atoms with Crippen molar-refractivity contribution in [2.45, 2.75) is 18.9 Å². The smallest absolute Gasteiger partial charge is 0.165 e. The van der Waals surface area contributed by atoms with Gasteiger partial charge in [-0.2, -0.15) is 0 Å². The number of halogens is 1. The molecule has 1 unspecified atom stereocenters. The highest BCUT2D eigenvalue weighted by Gasteiger charge is 2.10. The molecule has 1 aromatic carbocycles. The van der Waals surface area contributed by atoms with Gasteiger partial charge >= 0.3 is 0 Å². The van der Waals surface area contributed by atoms with Gasteiger partial charge in [0, 0.05) is 11.3 Å². The van der Waals surface area contributed by atoms with E-state index in [1.807, 2.05) is 17.5 Å². The molecule has 4 heteroatoms. The summed E-state index contributed by atoms with van der Waals surface area (Å²) < 4.78 is 18.3. The molecule has 0 aliphatic heterocycles. The first-order valence-electron chi connectivity index (χ1n) is 5.72. The van der Waals surface area contributed by atoms with E-state index in [0.717, 1.165) is 10.4 Å². The summed E-state index contributed by atoms with van der Waals surface area (Å²) in [5.74, 6) is -0.162. The first-order valence-corrected chi connectivity index (χ1v) is 6.60. The Morgan fingerprint density at radius 3 is 2.78 bits per heavy atom. The minimum Gasteiger partial charge on any atom is -0.494 e. The van der Waals surface area contributed by atoms with Crippen LogP contribution in [-0.2, 0) is 12.8 Å². The number of hydrogen-bond donors (Lipinski definition) is 1. The van der Waals surface area contributed by atoms with Crippen molar-refractivity contribution in [2.75, 3.05) is 7.11 Å². The van der Waals surface area contributed by atoms with Gasteiger partial charge < -0.3 is 9.84 Å². The third kappa shape index (κ3) is 3.31. The van der Waals surface area contributed by atoms with Crippen LogP contribution in [0.2, 0.25) is 0 Å². The zero-order valence-electron chi connectivity index (χ0n) is 10.1. The number of aliphatic hydroxyl groups is 1. The highest BCUT2D eigenvalue weighted by Crippen LogP contribution is 2.19. The molecule has 1 N–H and O–H groups in total. The van der Waals surface area contributed by atoms with Gasteiger partial charge in [0.1, 0.15) is 0 Å². The van der Waals surface area contributed by atoms with Crippen molar-refractivity contribution >= 4 is 11.3 Å². The number of ether oxygens (including phenoxy) is 1. The van der Waals surface area contributed by atoms with Crippen LogP contribution in [0.15, 0.2) is 35.7 Å². The van der Waals surface area contributed by atoms with E-state index in [2.05, 4.69) is 0 Å². The molecule has 0 saturated carbocycles. The van der Waals surface area contributed by atoms with Crippen LogP contribution in [0.25, 0.3) is 0 Å². The highest BCUT2D eigenvalue weighted by atomic mass is 32.1. The minimum absolute atomic E-state index is 0.228. The van der Waals surface area contributed by atoms with E-state index in [9.17, 15) is 9.50 Å². The third-order valence-electron chi connectivity index (χ3n) is 2.70. The highest BCUT2D eigenvalue weighted by molar-refractivity contribution is 7.09. The first kappa shape index (κ1) is 13.1. The Balaban J connectivity index is 1.98. The van der Waals surface area contributed by atoms with Crippen molar-refractivity contribution in [1.82, 2.24) is 0 Å². The van der Waals surface area contributed by atoms with Crippen molar-refractivity contribution in [3.05, 3.63) is 52.0 Å². The molecule has 0 bridgehead atoms. The van der Waals surface area contributed by atoms with E-state index >= 15 is 0 Å². The van der Waals surface area contributed by atoms with E-state index < -0.39 is 11.9 Å². The molecule has 2 rings (SSSR count). The second-order valence-electron chi connectivity index (χ2n) is 4.11. The molecule has 1 atom stereocenters. The minimum atomic E-state index is -0.489. The van der Waals surface area contributed by atoms with Gasteiger partial charge in [-0.25, -0.2) is 4.39 Å². The van der Waals surface area contributed by atoms with Crippen molar-refractivity contribution in [3.63, 3.8) is 0 Å². The molecule has 2 nitrogen and oxygen atoms in total. The maximum absolute atomic E-state index is 13.5. The van der Waals surface area contributed by atoms with Crippen LogP contribution in [0, 0.1) is 5.82 Å². The number of thiophene rings is 1. The molecular weight excluding hydrogens is 251 g/mol. The summed E-state index contributed by atoms with van der Waals surface area (Å²) in [6.45, 7) is 0. The topological polar surface area (TPSA) is 29.5 Å². The lowest BCUT2D eigenvalue weighted by atomic mass is 10.0. The largest absolute Gasteiger partial charge is 0.494 e. The molecule has 96 valence electrons. The molecule has 18 heavy (non-hydrogen) atoms. The fourth-order valence-electron chi connectivity index (χ4n) is 1.84. The predicted octanol–water partition coefficient (Wildman–Crippen LogP) is 3.04. The lowest BCUT2D eigenvalue weighted by Crippen LogP contribution is -2.13. The van der Waals surface area contributed by atoms with Crippen LogP contribution in [0.3, 0.4) is 0 Å². The Morgan fingerprint density at radius 1 is 1.33 bits per heavy atom. The Morgan fingerprint density at radius 2 is 2.17 bits per heavy atom. The fourth-order valence-corrected chi connectivity index (χ4v) is 2.62. The van der Waals surface area contributed by atoms with Crippen LogP contribution in [0.4, 0.5) is 4.39 Å². The number of methoxy groups -OCH3 is 1. The third-order valence-corrected chi connectivity index (χ3v) is 3.60. The van der Waals surface area contributed by atoms with Gasteiger partial charge in [-0.3, -0.25) is 0 Å². The van der Waals surface area contributed by atoms with Gasteiger partial charge in [0.15, 0.2) is 11.6 Å². The number of hydrogen-bond acceptors (Lipinski definition) is 3. The van der Waals surface area contributed by atoms with Gasteiger partial charge in [0.05, 0.1) is 13.2 Å². The number of rotatable bonds is 5. The van der Waals surface area contributed by atoms with Crippen molar-refractivity contribution < 1.29 is 14.2 Å². The van der Waals surface area contributed by atoms with Crippen molar-refractivity contribution in [3.8, 4) is 5.75 Å². The molecule has 0 aliphatic rings. The van der Waals surface area contributed by atoms with E-state index in [0.29, 0.717) is 12.8 Å². The summed E-state index contributed by atoms with van der Waals surface area (Å²) in [7, 11) is 1.43. The Labute approximate surface area is 110 Å². The first-order chi connectivity index (χ1) is 8.69. The SMILES string of the molecule is COc1ccc(CC(O)Cc2cccs2)cc1F. The molecule has 1 aromatic heterocycles. The maximum atomic E-state index is 13.5. The molecule has 0 saturated heterocycles. The van der Waals surface area contributed by atoms with Crippen LogP contribution in [0.1, 0.15) is 10.4 Å². The van der Waals surface area contributed by atoms with Gasteiger partial charge in [-0.1, -0.05) is 12.1 Å². The second kappa shape index (κ2) is 5.98. The quantitative estimate of drug-likeness (QED) is 0.901. The van der Waals surface area contributed by atoms with Gasteiger partial charge in [0.25, 0.3) is 0 Å². The molecule has 0 amide bonds. The van der Waals surface area contributed by atoms with E-state index in [-0.39, 0.29) is 5.75 Å². The summed E-state index contributed by atoms with van der Waals surface area (Å²) in [4.78, 5) is 1.14. The summed E-state index contributed by atoms with van der Waals surface area (Å²) in [6, 6.07) is 8.72. The summed E-state index contributed by atoms with van der Waals surface area (Å²) in [6.07, 6.45) is 0.556. The molecule has 0 aliphatic carbocycles. The second-order valence-corrected chi connectivity index (χ2v) is 5.14. The Kier molecular flexibility index (Phi) is 4.33. The molecule has 0 radical (unpaired) electrons. The Bertz CT molecular complexity index is 497. The molecule has 2 aromatic rings. The van der Waals surface area contributed by atoms with Crippen LogP contribution < -0.4 is 4.74 Å². The summed E-state index contributed by atoms with van der Waals surface area (Å²) >= 11 is 1.62. The molecule has 1 heterocycles. The molecular formula is C14H15FO2S. The normalized spacial score (nSPS) is 12.4. The van der Waals surface area contributed by atoms with E-state index in [4.69, 9.17) is 4.74 Å². The van der Waals surface area contributed by atoms with Gasteiger partial charge in [0.2, 0.25) is 0 Å². The van der Waals surface area contributed by atoms with Crippen molar-refractivity contribution in [2.24, 2.45) is 0 Å². The van der Waals surface area contributed by atoms with Crippen LogP contribution in [0.5, 0.6) is 5.75 Å². The number of aliphatic hydroxyl groups excluding tert-OH is 1. The standard InChI is InChI=1S/C14H15FO2S/c1-17-14-5-4-10(8-13(14)15)7-11(16)9-12-3-2-6-18-12/h2-6,8,11,16H,7,9H2,1H3. The fraction of sp³-hybridized carbons (Fsp3) is 0.286. The molecule has 0 spiro atoms. The molecule has 0 fully saturated rings. The van der Waals surface area contributed by atoms with Crippen LogP contribution in [-0.4, -0.2) is 18.3 Å². The summed E-state index contributed by atoms with van der Waals surface area (Å²) in [5.41, 5.74) is 0.775. The van der Waals surface area contributed by atoms with Gasteiger partial charge in [-0.05, 0) is 35.6 Å². The summed E-state index contributed by atoms with van der Waals surface area (Å²) in [5, 5.41) is 11.9. The van der Waals surface area contributed by atoms with Crippen LogP contribution >= 0.6 is 11.3 Å². The average Bonchev–Trinajstić information content (AvgIpc) is 2.82. The monoisotopic (exact) mass is 266 g/mol. The van der Waals surface area contributed by atoms with E-state index in [1.54, 1.807) is 23.5 Å². The predicted molar refractivity (Wildman–Crippen MR) is 70.7 cm³/mol. The maximum Gasteiger partial charge on any atom is 0.165 e. The lowest BCUT2D eigenvalue weighted by molar-refractivity contribution is 0.176. The van der Waals surface area contributed by atoms with E-state index in [1.165, 1.54) is 13.2 Å². The number of benzene rings is 1. The zero-order valence-corrected chi connectivity index (χ0v) is 10.9.